The smallest absolute Gasteiger partial charge is 0.144 e. The first-order chi connectivity index (χ1) is 15.0. The number of carbonyl (C=O) groups is 1. The van der Waals surface area contributed by atoms with Crippen molar-refractivity contribution in [3.05, 3.63) is 45.3 Å². The molecule has 0 atom stereocenters. The van der Waals surface area contributed by atoms with Gasteiger partial charge in [0.1, 0.15) is 28.8 Å². The molecule has 0 aliphatic rings. The Bertz CT molecular complexity index is 847. The summed E-state index contributed by atoms with van der Waals surface area (Å²) in [6.45, 7) is 21.3. The monoisotopic (exact) mass is 442 g/mol. The SMILES string of the molecule is CCc1oc(CC(C)(C)C(=O)C(C)(C)Cc2oc(CC)c(CC)c2CC)c(CC)c1CC. The second-order valence-electron chi connectivity index (χ2n) is 10.4. The third-order valence-electron chi connectivity index (χ3n) is 7.06. The number of aryl methyl sites for hydroxylation is 2. The van der Waals surface area contributed by atoms with E-state index in [1.165, 1.54) is 22.3 Å². The average molecular weight is 443 g/mol. The topological polar surface area (TPSA) is 43.4 Å². The molecule has 2 aromatic heterocycles. The predicted molar refractivity (Wildman–Crippen MR) is 134 cm³/mol. The maximum Gasteiger partial charge on any atom is 0.144 e. The molecule has 0 unspecified atom stereocenters. The maximum atomic E-state index is 13.9. The number of ketones is 1. The highest BCUT2D eigenvalue weighted by Gasteiger charge is 2.41. The fourth-order valence-electron chi connectivity index (χ4n) is 5.60. The van der Waals surface area contributed by atoms with Gasteiger partial charge >= 0.3 is 0 Å². The van der Waals surface area contributed by atoms with Gasteiger partial charge in [-0.2, -0.15) is 0 Å². The molecule has 3 heteroatoms. The summed E-state index contributed by atoms with van der Waals surface area (Å²) < 4.78 is 12.6. The van der Waals surface area contributed by atoms with Gasteiger partial charge in [-0.3, -0.25) is 4.79 Å². The Morgan fingerprint density at radius 1 is 0.531 bits per heavy atom. The van der Waals surface area contributed by atoms with E-state index in [1.54, 1.807) is 0 Å². The third kappa shape index (κ3) is 5.07. The van der Waals surface area contributed by atoms with Crippen LogP contribution in [0.15, 0.2) is 8.83 Å². The first-order valence-electron chi connectivity index (χ1n) is 12.8. The third-order valence-corrected chi connectivity index (χ3v) is 7.06. The van der Waals surface area contributed by atoms with Crippen molar-refractivity contribution in [2.45, 2.75) is 121 Å². The van der Waals surface area contributed by atoms with Crippen molar-refractivity contribution >= 4 is 5.78 Å². The normalized spacial score (nSPS) is 12.6. The lowest BCUT2D eigenvalue weighted by molar-refractivity contribution is -0.136. The van der Waals surface area contributed by atoms with Crippen LogP contribution >= 0.6 is 0 Å². The van der Waals surface area contributed by atoms with E-state index in [0.29, 0.717) is 12.8 Å². The number of hydrogen-bond donors (Lipinski definition) is 0. The van der Waals surface area contributed by atoms with Gasteiger partial charge in [-0.1, -0.05) is 69.2 Å². The van der Waals surface area contributed by atoms with Crippen molar-refractivity contribution in [3.8, 4) is 0 Å². The van der Waals surface area contributed by atoms with Crippen molar-refractivity contribution in [3.63, 3.8) is 0 Å². The molecule has 0 N–H and O–H groups in total. The molecule has 3 nitrogen and oxygen atoms in total. The summed E-state index contributed by atoms with van der Waals surface area (Å²) in [4.78, 5) is 13.9. The largest absolute Gasteiger partial charge is 0.465 e. The Morgan fingerprint density at radius 3 is 1.06 bits per heavy atom. The van der Waals surface area contributed by atoms with Crippen molar-refractivity contribution in [2.75, 3.05) is 0 Å². The van der Waals surface area contributed by atoms with Gasteiger partial charge in [-0.15, -0.1) is 0 Å². The summed E-state index contributed by atoms with van der Waals surface area (Å²) in [5.74, 6) is 4.45. The highest BCUT2D eigenvalue weighted by Crippen LogP contribution is 2.39. The number of rotatable bonds is 12. The Kier molecular flexibility index (Phi) is 8.64. The minimum atomic E-state index is -0.512. The Balaban J connectivity index is 2.35. The van der Waals surface area contributed by atoms with E-state index >= 15 is 0 Å². The zero-order valence-electron chi connectivity index (χ0n) is 22.4. The van der Waals surface area contributed by atoms with Gasteiger partial charge in [-0.05, 0) is 47.9 Å². The molecular weight excluding hydrogens is 396 g/mol. The zero-order valence-corrected chi connectivity index (χ0v) is 22.4. The minimum Gasteiger partial charge on any atom is -0.465 e. The fraction of sp³-hybridized carbons (Fsp3) is 0.690. The highest BCUT2D eigenvalue weighted by atomic mass is 16.3. The summed E-state index contributed by atoms with van der Waals surface area (Å²) in [6.07, 6.45) is 6.93. The van der Waals surface area contributed by atoms with Crippen molar-refractivity contribution in [1.29, 1.82) is 0 Å². The molecule has 0 aliphatic heterocycles. The molecule has 0 radical (unpaired) electrons. The van der Waals surface area contributed by atoms with Crippen LogP contribution in [-0.2, 0) is 56.2 Å². The molecule has 32 heavy (non-hydrogen) atoms. The lowest BCUT2D eigenvalue weighted by Gasteiger charge is -2.33. The first-order valence-corrected chi connectivity index (χ1v) is 12.8. The number of Topliss-reactive ketones (excluding diaryl/α,β-unsaturated/α-hetero) is 1. The summed E-state index contributed by atoms with van der Waals surface area (Å²) in [5.41, 5.74) is 4.28. The molecule has 2 heterocycles. The van der Waals surface area contributed by atoms with Crippen LogP contribution in [-0.4, -0.2) is 5.78 Å². The van der Waals surface area contributed by atoms with E-state index in [9.17, 15) is 4.79 Å². The van der Waals surface area contributed by atoms with Crippen LogP contribution in [0.4, 0.5) is 0 Å². The predicted octanol–water partition coefficient (Wildman–Crippen LogP) is 7.65. The number of furan rings is 2. The molecule has 0 fully saturated rings. The molecule has 2 aromatic rings. The molecule has 0 amide bonds. The van der Waals surface area contributed by atoms with E-state index in [-0.39, 0.29) is 5.78 Å². The van der Waals surface area contributed by atoms with Crippen molar-refractivity contribution < 1.29 is 13.6 Å². The van der Waals surface area contributed by atoms with Crippen LogP contribution in [0, 0.1) is 10.8 Å². The van der Waals surface area contributed by atoms with E-state index < -0.39 is 10.8 Å². The van der Waals surface area contributed by atoms with Gasteiger partial charge in [0.15, 0.2) is 0 Å². The zero-order chi connectivity index (χ0) is 24.3. The second-order valence-corrected chi connectivity index (χ2v) is 10.4. The molecular formula is C29H46O3. The lowest BCUT2D eigenvalue weighted by atomic mass is 9.69. The van der Waals surface area contributed by atoms with Crippen LogP contribution < -0.4 is 0 Å². The highest BCUT2D eigenvalue weighted by molar-refractivity contribution is 5.89. The van der Waals surface area contributed by atoms with Crippen LogP contribution in [0.3, 0.4) is 0 Å². The molecule has 2 rings (SSSR count). The van der Waals surface area contributed by atoms with Gasteiger partial charge in [0.2, 0.25) is 0 Å². The first kappa shape index (κ1) is 26.5. The fourth-order valence-corrected chi connectivity index (χ4v) is 5.60. The molecule has 0 spiro atoms. The molecule has 0 saturated carbocycles. The van der Waals surface area contributed by atoms with E-state index in [0.717, 1.165) is 61.6 Å². The summed E-state index contributed by atoms with van der Waals surface area (Å²) in [5, 5.41) is 0. The van der Waals surface area contributed by atoms with E-state index in [1.807, 2.05) is 0 Å². The molecule has 0 saturated heterocycles. The van der Waals surface area contributed by atoms with E-state index in [2.05, 4.69) is 69.2 Å². The second kappa shape index (κ2) is 10.4. The average Bonchev–Trinajstić information content (AvgIpc) is 3.27. The molecule has 0 bridgehead atoms. The van der Waals surface area contributed by atoms with Crippen LogP contribution in [0.2, 0.25) is 0 Å². The molecule has 0 aromatic carbocycles. The van der Waals surface area contributed by atoms with Gasteiger partial charge in [0.05, 0.1) is 0 Å². The summed E-state index contributed by atoms with van der Waals surface area (Å²) in [7, 11) is 0. The Morgan fingerprint density at radius 2 is 0.812 bits per heavy atom. The van der Waals surface area contributed by atoms with Crippen LogP contribution in [0.1, 0.15) is 115 Å². The van der Waals surface area contributed by atoms with E-state index in [4.69, 9.17) is 8.83 Å². The summed E-state index contributed by atoms with van der Waals surface area (Å²) >= 11 is 0. The Hall–Kier alpha value is -1.77. The van der Waals surface area contributed by atoms with Gasteiger partial charge in [-0.25, -0.2) is 0 Å². The Labute approximate surface area is 196 Å². The quantitative estimate of drug-likeness (QED) is 0.339. The van der Waals surface area contributed by atoms with Gasteiger partial charge < -0.3 is 8.83 Å². The standard InChI is InChI=1S/C29H46O3/c1-11-19-21(13-3)25(31-23(19)15-5)17-28(7,8)27(30)29(9,10)18-26-22(14-4)20(12-2)24(16-6)32-26/h11-18H2,1-10H3. The minimum absolute atomic E-state index is 0.272. The molecule has 180 valence electrons. The molecule has 0 aliphatic carbocycles. The van der Waals surface area contributed by atoms with Crippen LogP contribution in [0.5, 0.6) is 0 Å². The summed E-state index contributed by atoms with van der Waals surface area (Å²) in [6, 6.07) is 0. The lowest BCUT2D eigenvalue weighted by Crippen LogP contribution is -2.39. The maximum absolute atomic E-state index is 13.9. The number of carbonyl (C=O) groups excluding carboxylic acids is 1. The van der Waals surface area contributed by atoms with Crippen molar-refractivity contribution in [2.24, 2.45) is 10.8 Å². The van der Waals surface area contributed by atoms with Crippen molar-refractivity contribution in [1.82, 2.24) is 0 Å². The van der Waals surface area contributed by atoms with Gasteiger partial charge in [0.25, 0.3) is 0 Å². The van der Waals surface area contributed by atoms with Gasteiger partial charge in [0, 0.05) is 36.5 Å². The number of hydrogen-bond acceptors (Lipinski definition) is 3. The van der Waals surface area contributed by atoms with Crippen LogP contribution in [0.25, 0.3) is 0 Å².